The Labute approximate surface area is 169 Å². The SMILES string of the molecule is COc1cc(N[SH](=O)=O)ccc1C(=O)N1CCN(C(=O)c2ccccc2F)CC1. The lowest BCUT2D eigenvalue weighted by molar-refractivity contribution is 0.0531. The highest BCUT2D eigenvalue weighted by Crippen LogP contribution is 2.25. The highest BCUT2D eigenvalue weighted by atomic mass is 32.2. The van der Waals surface area contributed by atoms with Gasteiger partial charge in [0, 0.05) is 32.2 Å². The van der Waals surface area contributed by atoms with Gasteiger partial charge < -0.3 is 14.5 Å². The lowest BCUT2D eigenvalue weighted by Crippen LogP contribution is -2.50. The molecule has 2 aromatic rings. The average molecular weight is 421 g/mol. The lowest BCUT2D eigenvalue weighted by Gasteiger charge is -2.35. The van der Waals surface area contributed by atoms with Crippen LogP contribution in [-0.4, -0.2) is 63.3 Å². The average Bonchev–Trinajstić information content (AvgIpc) is 2.72. The summed E-state index contributed by atoms with van der Waals surface area (Å²) in [5.41, 5.74) is 0.580. The Balaban J connectivity index is 1.68. The van der Waals surface area contributed by atoms with E-state index in [0.29, 0.717) is 0 Å². The first-order valence-corrected chi connectivity index (χ1v) is 10.0. The highest BCUT2D eigenvalue weighted by molar-refractivity contribution is 7.73. The van der Waals surface area contributed by atoms with Crippen molar-refractivity contribution in [3.8, 4) is 5.75 Å². The Morgan fingerprint density at radius 3 is 2.10 bits per heavy atom. The maximum absolute atomic E-state index is 13.8. The van der Waals surface area contributed by atoms with Crippen LogP contribution < -0.4 is 9.46 Å². The summed E-state index contributed by atoms with van der Waals surface area (Å²) in [6, 6.07) is 10.2. The van der Waals surface area contributed by atoms with Gasteiger partial charge in [0.25, 0.3) is 11.8 Å². The van der Waals surface area contributed by atoms with Crippen LogP contribution in [0.1, 0.15) is 20.7 Å². The standard InChI is InChI=1S/C19H20FN3O5S/c1-28-17-12-13(21-29(26)27)6-7-15(17)19(25)23-10-8-22(9-11-23)18(24)14-4-2-3-5-16(14)20/h2-7,12,29H,8-11H2,1H3,(H,21,26,27). The fourth-order valence-corrected chi connectivity index (χ4v) is 3.48. The number of hydrogen-bond acceptors (Lipinski definition) is 5. The number of carbonyl (C=O) groups is 2. The first kappa shape index (κ1) is 20.6. The molecule has 0 atom stereocenters. The minimum atomic E-state index is -2.83. The summed E-state index contributed by atoms with van der Waals surface area (Å²) in [4.78, 5) is 28.4. The van der Waals surface area contributed by atoms with Crippen molar-refractivity contribution in [3.05, 3.63) is 59.4 Å². The third kappa shape index (κ3) is 4.65. The minimum absolute atomic E-state index is 0.00809. The molecule has 154 valence electrons. The van der Waals surface area contributed by atoms with Crippen molar-refractivity contribution in [2.45, 2.75) is 0 Å². The van der Waals surface area contributed by atoms with Gasteiger partial charge in [0.05, 0.1) is 23.9 Å². The number of thiol groups is 1. The molecule has 0 saturated carbocycles. The number of hydrogen-bond donors (Lipinski definition) is 2. The molecule has 1 N–H and O–H groups in total. The van der Waals surface area contributed by atoms with Crippen LogP contribution in [0.3, 0.4) is 0 Å². The van der Waals surface area contributed by atoms with Crippen molar-refractivity contribution >= 4 is 28.4 Å². The molecule has 0 radical (unpaired) electrons. The number of amides is 2. The summed E-state index contributed by atoms with van der Waals surface area (Å²) >= 11 is 0. The van der Waals surface area contributed by atoms with E-state index in [1.54, 1.807) is 11.0 Å². The van der Waals surface area contributed by atoms with Gasteiger partial charge in [-0.1, -0.05) is 12.1 Å². The zero-order chi connectivity index (χ0) is 21.0. The van der Waals surface area contributed by atoms with Crippen LogP contribution in [0.25, 0.3) is 0 Å². The maximum Gasteiger partial charge on any atom is 0.257 e. The second-order valence-corrected chi connectivity index (χ2v) is 7.09. The predicted molar refractivity (Wildman–Crippen MR) is 105 cm³/mol. The molecule has 0 unspecified atom stereocenters. The molecule has 1 saturated heterocycles. The molecule has 0 aliphatic carbocycles. The topological polar surface area (TPSA) is 96.0 Å². The molecular formula is C19H20FN3O5S. The second-order valence-electron chi connectivity index (χ2n) is 6.35. The molecule has 0 spiro atoms. The molecule has 29 heavy (non-hydrogen) atoms. The molecular weight excluding hydrogens is 401 g/mol. The highest BCUT2D eigenvalue weighted by Gasteiger charge is 2.28. The smallest absolute Gasteiger partial charge is 0.257 e. The summed E-state index contributed by atoms with van der Waals surface area (Å²) < 4.78 is 42.9. The Kier molecular flexibility index (Phi) is 6.32. The van der Waals surface area contributed by atoms with E-state index in [-0.39, 0.29) is 54.7 Å². The molecule has 1 heterocycles. The fourth-order valence-electron chi connectivity index (χ4n) is 3.13. The Bertz CT molecular complexity index is 995. The van der Waals surface area contributed by atoms with Crippen LogP contribution in [0.15, 0.2) is 42.5 Å². The number of piperazine rings is 1. The van der Waals surface area contributed by atoms with Crippen molar-refractivity contribution in [1.82, 2.24) is 9.80 Å². The van der Waals surface area contributed by atoms with Crippen molar-refractivity contribution in [2.75, 3.05) is 38.0 Å². The number of nitrogens with zero attached hydrogens (tertiary/aromatic N) is 2. The molecule has 1 fully saturated rings. The van der Waals surface area contributed by atoms with Gasteiger partial charge in [0.1, 0.15) is 11.6 Å². The van der Waals surface area contributed by atoms with E-state index in [1.807, 2.05) is 0 Å². The van der Waals surface area contributed by atoms with Gasteiger partial charge in [-0.05, 0) is 24.3 Å². The monoisotopic (exact) mass is 421 g/mol. The normalized spacial score (nSPS) is 14.0. The lowest BCUT2D eigenvalue weighted by atomic mass is 10.1. The van der Waals surface area contributed by atoms with Gasteiger partial charge in [-0.3, -0.25) is 14.3 Å². The van der Waals surface area contributed by atoms with Gasteiger partial charge in [0.2, 0.25) is 10.9 Å². The summed E-state index contributed by atoms with van der Waals surface area (Å²) in [5, 5.41) is 0. The number of methoxy groups -OCH3 is 1. The van der Waals surface area contributed by atoms with Gasteiger partial charge in [-0.25, -0.2) is 12.8 Å². The number of halogens is 1. The fraction of sp³-hybridized carbons (Fsp3) is 0.263. The van der Waals surface area contributed by atoms with Gasteiger partial charge in [-0.2, -0.15) is 0 Å². The van der Waals surface area contributed by atoms with Crippen LogP contribution in [0.2, 0.25) is 0 Å². The van der Waals surface area contributed by atoms with Crippen LogP contribution in [0.4, 0.5) is 10.1 Å². The van der Waals surface area contributed by atoms with Gasteiger partial charge in [0.15, 0.2) is 0 Å². The molecule has 3 rings (SSSR count). The number of rotatable bonds is 5. The van der Waals surface area contributed by atoms with E-state index in [2.05, 4.69) is 4.72 Å². The van der Waals surface area contributed by atoms with E-state index in [9.17, 15) is 22.4 Å². The van der Waals surface area contributed by atoms with Crippen molar-refractivity contribution in [3.63, 3.8) is 0 Å². The van der Waals surface area contributed by atoms with Gasteiger partial charge in [-0.15, -0.1) is 0 Å². The maximum atomic E-state index is 13.8. The summed E-state index contributed by atoms with van der Waals surface area (Å²) in [6.07, 6.45) is 0. The molecule has 2 aromatic carbocycles. The van der Waals surface area contributed by atoms with Crippen LogP contribution in [-0.2, 0) is 10.9 Å². The number of anilines is 1. The predicted octanol–water partition coefficient (Wildman–Crippen LogP) is 1.37. The molecule has 0 bridgehead atoms. The number of benzene rings is 2. The van der Waals surface area contributed by atoms with Gasteiger partial charge >= 0.3 is 0 Å². The summed E-state index contributed by atoms with van der Waals surface area (Å²) in [7, 11) is -1.44. The quantitative estimate of drug-likeness (QED) is 0.711. The summed E-state index contributed by atoms with van der Waals surface area (Å²) in [5.74, 6) is -1.04. The minimum Gasteiger partial charge on any atom is -0.496 e. The molecule has 1 aliphatic heterocycles. The molecule has 10 heteroatoms. The second kappa shape index (κ2) is 8.91. The van der Waals surface area contributed by atoms with Crippen LogP contribution >= 0.6 is 0 Å². The molecule has 2 amide bonds. The largest absolute Gasteiger partial charge is 0.496 e. The molecule has 8 nitrogen and oxygen atoms in total. The third-order valence-corrected chi connectivity index (χ3v) is 5.05. The third-order valence-electron chi connectivity index (χ3n) is 4.61. The Hall–Kier alpha value is -3.14. The van der Waals surface area contributed by atoms with Crippen LogP contribution in [0, 0.1) is 5.82 Å². The van der Waals surface area contributed by atoms with E-state index in [0.717, 1.165) is 0 Å². The van der Waals surface area contributed by atoms with Crippen molar-refractivity contribution in [2.24, 2.45) is 0 Å². The van der Waals surface area contributed by atoms with Crippen LogP contribution in [0.5, 0.6) is 5.75 Å². The Morgan fingerprint density at radius 2 is 1.55 bits per heavy atom. The number of nitrogens with one attached hydrogen (secondary N) is 1. The first-order valence-electron chi connectivity index (χ1n) is 8.83. The van der Waals surface area contributed by atoms with E-state index in [1.165, 1.54) is 48.4 Å². The van der Waals surface area contributed by atoms with Crippen molar-refractivity contribution < 1.29 is 27.1 Å². The number of carbonyl (C=O) groups excluding carboxylic acids is 2. The molecule has 1 aliphatic rings. The molecule has 0 aromatic heterocycles. The summed E-state index contributed by atoms with van der Waals surface area (Å²) in [6.45, 7) is 1.12. The van der Waals surface area contributed by atoms with Crippen molar-refractivity contribution in [1.29, 1.82) is 0 Å². The van der Waals surface area contributed by atoms with E-state index < -0.39 is 22.6 Å². The first-order chi connectivity index (χ1) is 13.9. The Morgan fingerprint density at radius 1 is 0.966 bits per heavy atom. The zero-order valence-corrected chi connectivity index (χ0v) is 16.5. The number of ether oxygens (including phenoxy) is 1. The van der Waals surface area contributed by atoms with E-state index >= 15 is 0 Å². The zero-order valence-electron chi connectivity index (χ0n) is 15.6. The van der Waals surface area contributed by atoms with E-state index in [4.69, 9.17) is 4.74 Å².